The molecule has 0 saturated carbocycles. The van der Waals surface area contributed by atoms with Gasteiger partial charge in [-0.05, 0) is 24.1 Å². The summed E-state index contributed by atoms with van der Waals surface area (Å²) in [6, 6.07) is 4.96. The number of nitrogens with zero attached hydrogens (tertiary/aromatic N) is 2. The molecule has 0 atom stereocenters. The number of carbonyl (C=O) groups is 1. The summed E-state index contributed by atoms with van der Waals surface area (Å²) in [7, 11) is 0. The van der Waals surface area contributed by atoms with Crippen LogP contribution in [0, 0.1) is 23.3 Å². The van der Waals surface area contributed by atoms with Gasteiger partial charge in [-0.1, -0.05) is 12.1 Å². The summed E-state index contributed by atoms with van der Waals surface area (Å²) >= 11 is 0. The molecule has 0 saturated heterocycles. The lowest BCUT2D eigenvalue weighted by Gasteiger charge is -2.14. The van der Waals surface area contributed by atoms with Crippen molar-refractivity contribution in [1.29, 1.82) is 0 Å². The Morgan fingerprint density at radius 1 is 1.04 bits per heavy atom. The van der Waals surface area contributed by atoms with E-state index in [1.54, 1.807) is 0 Å². The van der Waals surface area contributed by atoms with Crippen molar-refractivity contribution < 1.29 is 27.5 Å². The van der Waals surface area contributed by atoms with Gasteiger partial charge in [-0.25, -0.2) is 17.6 Å². The number of aliphatic carboxylic acids is 1. The van der Waals surface area contributed by atoms with E-state index in [0.29, 0.717) is 12.1 Å². The highest BCUT2D eigenvalue weighted by molar-refractivity contribution is 5.80. The molecule has 27 heavy (non-hydrogen) atoms. The molecule has 0 aliphatic heterocycles. The maximum absolute atomic E-state index is 13.8. The topological polar surface area (TPSA) is 72.2 Å². The predicted octanol–water partition coefficient (Wildman–Crippen LogP) is 2.82. The average molecular weight is 380 g/mol. The monoisotopic (exact) mass is 380 g/mol. The minimum Gasteiger partial charge on any atom is -0.480 e. The van der Waals surface area contributed by atoms with E-state index in [4.69, 9.17) is 5.11 Å². The molecule has 0 amide bonds. The van der Waals surface area contributed by atoms with Crippen LogP contribution in [0.25, 0.3) is 10.9 Å². The van der Waals surface area contributed by atoms with Crippen LogP contribution < -0.4 is 5.56 Å². The predicted molar refractivity (Wildman–Crippen MR) is 87.3 cm³/mol. The second-order valence-corrected chi connectivity index (χ2v) is 5.81. The van der Waals surface area contributed by atoms with Gasteiger partial charge in [-0.3, -0.25) is 9.59 Å². The second-order valence-electron chi connectivity index (χ2n) is 5.81. The van der Waals surface area contributed by atoms with Gasteiger partial charge >= 0.3 is 5.97 Å². The molecule has 1 aromatic heterocycles. The van der Waals surface area contributed by atoms with Crippen LogP contribution in [0.3, 0.4) is 0 Å². The molecule has 2 aromatic carbocycles. The van der Waals surface area contributed by atoms with Crippen molar-refractivity contribution in [1.82, 2.24) is 9.55 Å². The van der Waals surface area contributed by atoms with E-state index < -0.39 is 41.3 Å². The Kier molecular flexibility index (Phi) is 4.93. The van der Waals surface area contributed by atoms with Crippen LogP contribution in [0.2, 0.25) is 0 Å². The van der Waals surface area contributed by atoms with Crippen LogP contribution in [0.4, 0.5) is 17.6 Å². The van der Waals surface area contributed by atoms with Gasteiger partial charge in [0.05, 0.1) is 10.9 Å². The molecule has 3 aromatic rings. The SMILES string of the molecule is O=C(O)Cn1c(CCc2cccc(F)c2F)nc(=O)c2cc(F)c(F)cc21. The van der Waals surface area contributed by atoms with E-state index in [1.807, 2.05) is 0 Å². The lowest BCUT2D eigenvalue weighted by molar-refractivity contribution is -0.137. The van der Waals surface area contributed by atoms with Gasteiger partial charge in [-0.15, -0.1) is 0 Å². The van der Waals surface area contributed by atoms with E-state index in [0.717, 1.165) is 10.6 Å². The molecule has 0 spiro atoms. The summed E-state index contributed by atoms with van der Waals surface area (Å²) < 4.78 is 55.2. The molecule has 9 heteroatoms. The summed E-state index contributed by atoms with van der Waals surface area (Å²) in [5.74, 6) is -5.99. The smallest absolute Gasteiger partial charge is 0.323 e. The van der Waals surface area contributed by atoms with Crippen LogP contribution in [0.5, 0.6) is 0 Å². The molecule has 0 bridgehead atoms. The van der Waals surface area contributed by atoms with Crippen LogP contribution in [-0.2, 0) is 24.2 Å². The number of halogens is 4. The van der Waals surface area contributed by atoms with E-state index >= 15 is 0 Å². The van der Waals surface area contributed by atoms with E-state index in [1.165, 1.54) is 12.1 Å². The number of aromatic nitrogens is 2. The van der Waals surface area contributed by atoms with Crippen molar-refractivity contribution in [2.75, 3.05) is 0 Å². The minimum absolute atomic E-state index is 0.0107. The standard InChI is InChI=1S/C18H12F4N2O3/c19-11-3-1-2-9(17(11)22)4-5-15-23-18(27)10-6-12(20)13(21)7-14(10)24(15)8-16(25)26/h1-3,6-7H,4-5,8H2,(H,25,26). The van der Waals surface area contributed by atoms with Crippen molar-refractivity contribution in [3.63, 3.8) is 0 Å². The first-order valence-electron chi connectivity index (χ1n) is 7.81. The molecule has 1 heterocycles. The number of carboxylic acid groups (broad SMARTS) is 1. The molecule has 3 rings (SSSR count). The fourth-order valence-electron chi connectivity index (χ4n) is 2.80. The molecule has 0 aliphatic rings. The minimum atomic E-state index is -1.30. The third-order valence-corrected chi connectivity index (χ3v) is 4.04. The highest BCUT2D eigenvalue weighted by Crippen LogP contribution is 2.19. The average Bonchev–Trinajstić information content (AvgIpc) is 2.60. The third-order valence-electron chi connectivity index (χ3n) is 4.04. The first-order valence-corrected chi connectivity index (χ1v) is 7.81. The van der Waals surface area contributed by atoms with Gasteiger partial charge in [-0.2, -0.15) is 4.98 Å². The number of benzene rings is 2. The first-order chi connectivity index (χ1) is 12.8. The quantitative estimate of drug-likeness (QED) is 0.691. The Balaban J connectivity index is 2.11. The summed E-state index contributed by atoms with van der Waals surface area (Å²) in [6.45, 7) is -0.671. The van der Waals surface area contributed by atoms with E-state index in [2.05, 4.69) is 4.98 Å². The zero-order valence-corrected chi connectivity index (χ0v) is 13.7. The highest BCUT2D eigenvalue weighted by atomic mass is 19.2. The molecular formula is C18H12F4N2O3. The largest absolute Gasteiger partial charge is 0.480 e. The maximum Gasteiger partial charge on any atom is 0.323 e. The van der Waals surface area contributed by atoms with E-state index in [9.17, 15) is 27.2 Å². The van der Waals surface area contributed by atoms with Crippen LogP contribution in [-0.4, -0.2) is 20.6 Å². The molecule has 0 fully saturated rings. The Labute approximate surface area is 149 Å². The Morgan fingerprint density at radius 2 is 1.74 bits per heavy atom. The molecule has 140 valence electrons. The molecule has 5 nitrogen and oxygen atoms in total. The fraction of sp³-hybridized carbons (Fsp3) is 0.167. The van der Waals surface area contributed by atoms with Crippen LogP contribution in [0.1, 0.15) is 11.4 Å². The Bertz CT molecular complexity index is 1110. The van der Waals surface area contributed by atoms with Gasteiger partial charge in [0.1, 0.15) is 12.4 Å². The van der Waals surface area contributed by atoms with Gasteiger partial charge in [0.2, 0.25) is 0 Å². The van der Waals surface area contributed by atoms with Crippen LogP contribution >= 0.6 is 0 Å². The number of carboxylic acids is 1. The van der Waals surface area contributed by atoms with Gasteiger partial charge < -0.3 is 9.67 Å². The zero-order valence-electron chi connectivity index (χ0n) is 13.7. The summed E-state index contributed by atoms with van der Waals surface area (Å²) in [5, 5.41) is 8.82. The Morgan fingerprint density at radius 3 is 2.44 bits per heavy atom. The summed E-state index contributed by atoms with van der Waals surface area (Å²) in [4.78, 5) is 27.0. The maximum atomic E-state index is 13.8. The number of hydrogen-bond acceptors (Lipinski definition) is 3. The van der Waals surface area contributed by atoms with Gasteiger partial charge in [0.15, 0.2) is 23.3 Å². The van der Waals surface area contributed by atoms with Crippen molar-refractivity contribution in [2.45, 2.75) is 19.4 Å². The van der Waals surface area contributed by atoms with Crippen LogP contribution in [0.15, 0.2) is 35.1 Å². The van der Waals surface area contributed by atoms with Crippen molar-refractivity contribution in [3.8, 4) is 0 Å². The molecule has 0 aliphatic carbocycles. The Hall–Kier alpha value is -3.23. The number of fused-ring (bicyclic) bond motifs is 1. The molecular weight excluding hydrogens is 368 g/mol. The zero-order chi connectivity index (χ0) is 19.7. The van der Waals surface area contributed by atoms with Gasteiger partial charge in [0.25, 0.3) is 5.56 Å². The first kappa shape index (κ1) is 18.6. The molecule has 0 radical (unpaired) electrons. The lowest BCUT2D eigenvalue weighted by atomic mass is 10.1. The molecule has 1 N–H and O–H groups in total. The summed E-state index contributed by atoms with van der Waals surface area (Å²) in [6.07, 6.45) is -0.192. The summed E-state index contributed by atoms with van der Waals surface area (Å²) in [5.41, 5.74) is -1.01. The number of aryl methyl sites for hydroxylation is 2. The fourth-order valence-corrected chi connectivity index (χ4v) is 2.80. The van der Waals surface area contributed by atoms with Crippen molar-refractivity contribution in [2.24, 2.45) is 0 Å². The van der Waals surface area contributed by atoms with E-state index in [-0.39, 0.29) is 35.1 Å². The molecule has 0 unspecified atom stereocenters. The third kappa shape index (κ3) is 3.67. The normalized spacial score (nSPS) is 11.1. The van der Waals surface area contributed by atoms with Crippen molar-refractivity contribution >= 4 is 16.9 Å². The van der Waals surface area contributed by atoms with Crippen molar-refractivity contribution in [3.05, 3.63) is 75.3 Å². The van der Waals surface area contributed by atoms with Gasteiger partial charge in [0, 0.05) is 12.5 Å². The second kappa shape index (κ2) is 7.18. The number of hydrogen-bond donors (Lipinski definition) is 1. The number of rotatable bonds is 5. The highest BCUT2D eigenvalue weighted by Gasteiger charge is 2.17. The lowest BCUT2D eigenvalue weighted by Crippen LogP contribution is -2.23.